The van der Waals surface area contributed by atoms with Crippen molar-refractivity contribution in [3.05, 3.63) is 35.9 Å². The van der Waals surface area contributed by atoms with Crippen LogP contribution in [0.4, 0.5) is 8.78 Å². The summed E-state index contributed by atoms with van der Waals surface area (Å²) in [7, 11) is 0. The Hall–Kier alpha value is -2.02. The Balaban J connectivity index is 1.43. The minimum Gasteiger partial charge on any atom is -0.339 e. The maximum Gasteiger partial charge on any atom is 0.262 e. The van der Waals surface area contributed by atoms with E-state index in [0.29, 0.717) is 26.2 Å². The Morgan fingerprint density at radius 1 is 1.18 bits per heavy atom. The van der Waals surface area contributed by atoms with Crippen molar-refractivity contribution < 1.29 is 18.4 Å². The van der Waals surface area contributed by atoms with Gasteiger partial charge in [0.2, 0.25) is 11.8 Å². The molecule has 7 heteroatoms. The average molecular weight is 391 g/mol. The predicted molar refractivity (Wildman–Crippen MR) is 101 cm³/mol. The zero-order valence-corrected chi connectivity index (χ0v) is 16.2. The first-order valence-corrected chi connectivity index (χ1v) is 10.1. The molecule has 0 spiro atoms. The second-order valence-electron chi connectivity index (χ2n) is 8.26. The van der Waals surface area contributed by atoms with Crippen molar-refractivity contribution in [2.45, 2.75) is 50.7 Å². The van der Waals surface area contributed by atoms with Gasteiger partial charge in [0.1, 0.15) is 0 Å². The van der Waals surface area contributed by atoms with E-state index in [0.717, 1.165) is 18.4 Å². The van der Waals surface area contributed by atoms with Crippen LogP contribution in [0.15, 0.2) is 30.3 Å². The van der Waals surface area contributed by atoms with Crippen LogP contribution in [0.1, 0.15) is 31.7 Å². The fraction of sp³-hybridized carbons (Fsp3) is 0.619. The highest BCUT2D eigenvalue weighted by Crippen LogP contribution is 2.38. The molecule has 0 N–H and O–H groups in total. The molecule has 1 atom stereocenters. The number of nitrogens with zero attached hydrogens (tertiary/aromatic N) is 3. The number of carbonyl (C=O) groups is 2. The fourth-order valence-electron chi connectivity index (χ4n) is 4.25. The molecule has 2 saturated heterocycles. The monoisotopic (exact) mass is 391 g/mol. The number of alkyl halides is 2. The van der Waals surface area contributed by atoms with Crippen LogP contribution in [-0.4, -0.2) is 70.7 Å². The molecule has 0 bridgehead atoms. The molecule has 5 nitrogen and oxygen atoms in total. The number of rotatable bonds is 6. The minimum atomic E-state index is -2.87. The van der Waals surface area contributed by atoms with Gasteiger partial charge in [0.05, 0.1) is 12.6 Å². The molecule has 1 saturated carbocycles. The minimum absolute atomic E-state index is 0.139. The molecule has 1 aromatic carbocycles. The molecule has 1 aromatic rings. The van der Waals surface area contributed by atoms with Crippen molar-refractivity contribution in [2.24, 2.45) is 5.92 Å². The lowest BCUT2D eigenvalue weighted by molar-refractivity contribution is -0.144. The summed E-state index contributed by atoms with van der Waals surface area (Å²) in [5.74, 6) is -2.83. The zero-order valence-electron chi connectivity index (χ0n) is 16.2. The molecular weight excluding hydrogens is 364 g/mol. The third-order valence-electron chi connectivity index (χ3n) is 6.07. The number of benzene rings is 1. The Morgan fingerprint density at radius 3 is 2.46 bits per heavy atom. The number of hydrogen-bond donors (Lipinski definition) is 0. The Morgan fingerprint density at radius 2 is 1.86 bits per heavy atom. The number of likely N-dealkylation sites (N-methyl/N-ethyl adjacent to an activating group) is 1. The summed E-state index contributed by atoms with van der Waals surface area (Å²) in [5.41, 5.74) is 0.985. The Bertz CT molecular complexity index is 732. The van der Waals surface area contributed by atoms with Gasteiger partial charge >= 0.3 is 0 Å². The summed E-state index contributed by atoms with van der Waals surface area (Å²) >= 11 is 0. The van der Waals surface area contributed by atoms with Crippen LogP contribution in [0.5, 0.6) is 0 Å². The van der Waals surface area contributed by atoms with Crippen molar-refractivity contribution in [3.8, 4) is 0 Å². The van der Waals surface area contributed by atoms with Crippen molar-refractivity contribution in [2.75, 3.05) is 26.2 Å². The highest BCUT2D eigenvalue weighted by atomic mass is 19.3. The number of hydrogen-bond acceptors (Lipinski definition) is 3. The first-order valence-electron chi connectivity index (χ1n) is 10.1. The van der Waals surface area contributed by atoms with Gasteiger partial charge in [0.15, 0.2) is 0 Å². The van der Waals surface area contributed by atoms with Gasteiger partial charge in [-0.15, -0.1) is 0 Å². The highest BCUT2D eigenvalue weighted by Gasteiger charge is 2.53. The van der Waals surface area contributed by atoms with Gasteiger partial charge in [-0.25, -0.2) is 8.78 Å². The molecule has 3 fully saturated rings. The van der Waals surface area contributed by atoms with Crippen molar-refractivity contribution in [1.29, 1.82) is 0 Å². The summed E-state index contributed by atoms with van der Waals surface area (Å²) in [4.78, 5) is 30.3. The fourth-order valence-corrected chi connectivity index (χ4v) is 4.25. The Labute approximate surface area is 164 Å². The maximum absolute atomic E-state index is 14.2. The van der Waals surface area contributed by atoms with Crippen LogP contribution in [0.25, 0.3) is 0 Å². The molecule has 28 heavy (non-hydrogen) atoms. The van der Waals surface area contributed by atoms with E-state index >= 15 is 0 Å². The normalized spacial score (nSPS) is 24.8. The predicted octanol–water partition coefficient (Wildman–Crippen LogP) is 2.37. The van der Waals surface area contributed by atoms with Gasteiger partial charge in [-0.3, -0.25) is 14.5 Å². The lowest BCUT2D eigenvalue weighted by Crippen LogP contribution is -2.64. The van der Waals surface area contributed by atoms with E-state index in [1.807, 2.05) is 37.3 Å². The number of likely N-dealkylation sites (tertiary alicyclic amines) is 2. The third kappa shape index (κ3) is 3.90. The van der Waals surface area contributed by atoms with Gasteiger partial charge in [-0.05, 0) is 25.3 Å². The molecule has 1 aliphatic carbocycles. The van der Waals surface area contributed by atoms with E-state index in [1.54, 1.807) is 14.7 Å². The van der Waals surface area contributed by atoms with E-state index in [1.165, 1.54) is 0 Å². The molecule has 152 valence electrons. The van der Waals surface area contributed by atoms with Crippen molar-refractivity contribution >= 4 is 11.8 Å². The standard InChI is InChI=1S/C21H27F2N3O2/c1-2-24(11-15-6-4-3-5-7-15)20(28)18-10-21(22,23)14-26(18)17-12-25(13-17)19(27)16-8-9-16/h3-7,16-18H,2,8-14H2,1H3/t18-/m0/s1. The van der Waals surface area contributed by atoms with E-state index in [-0.39, 0.29) is 23.8 Å². The van der Waals surface area contributed by atoms with E-state index in [2.05, 4.69) is 0 Å². The average Bonchev–Trinajstić information content (AvgIpc) is 3.43. The van der Waals surface area contributed by atoms with Gasteiger partial charge in [-0.1, -0.05) is 30.3 Å². The highest BCUT2D eigenvalue weighted by molar-refractivity contribution is 5.83. The van der Waals surface area contributed by atoms with Crippen LogP contribution in [0.3, 0.4) is 0 Å². The van der Waals surface area contributed by atoms with Crippen LogP contribution >= 0.6 is 0 Å². The van der Waals surface area contributed by atoms with Crippen LogP contribution in [0, 0.1) is 5.92 Å². The number of amides is 2. The SMILES string of the molecule is CCN(Cc1ccccc1)C(=O)[C@@H]1CC(F)(F)CN1C1CN(C(=O)C2CC2)C1. The first kappa shape index (κ1) is 19.3. The molecule has 3 aliphatic rings. The smallest absolute Gasteiger partial charge is 0.262 e. The van der Waals surface area contributed by atoms with E-state index in [9.17, 15) is 18.4 Å². The molecule has 2 amide bonds. The van der Waals surface area contributed by atoms with E-state index < -0.39 is 24.9 Å². The Kier molecular flexibility index (Phi) is 5.12. The van der Waals surface area contributed by atoms with Crippen molar-refractivity contribution in [3.63, 3.8) is 0 Å². The summed E-state index contributed by atoms with van der Waals surface area (Å²) < 4.78 is 28.4. The summed E-state index contributed by atoms with van der Waals surface area (Å²) in [6, 6.07) is 8.62. The first-order chi connectivity index (χ1) is 13.4. The molecule has 0 unspecified atom stereocenters. The topological polar surface area (TPSA) is 43.9 Å². The largest absolute Gasteiger partial charge is 0.339 e. The second-order valence-corrected chi connectivity index (χ2v) is 8.26. The van der Waals surface area contributed by atoms with Gasteiger partial charge in [0, 0.05) is 44.6 Å². The molecule has 0 radical (unpaired) electrons. The second kappa shape index (κ2) is 7.43. The quantitative estimate of drug-likeness (QED) is 0.748. The summed E-state index contributed by atoms with van der Waals surface area (Å²) in [5, 5.41) is 0. The third-order valence-corrected chi connectivity index (χ3v) is 6.07. The molecule has 0 aromatic heterocycles. The lowest BCUT2D eigenvalue weighted by atomic mass is 10.0. The maximum atomic E-state index is 14.2. The number of halogens is 2. The molecule has 2 heterocycles. The van der Waals surface area contributed by atoms with Gasteiger partial charge < -0.3 is 9.80 Å². The zero-order chi connectivity index (χ0) is 19.9. The van der Waals surface area contributed by atoms with Crippen LogP contribution < -0.4 is 0 Å². The summed E-state index contributed by atoms with van der Waals surface area (Å²) in [6.45, 7) is 3.28. The van der Waals surface area contributed by atoms with E-state index in [4.69, 9.17) is 0 Å². The van der Waals surface area contributed by atoms with Gasteiger partial charge in [0.25, 0.3) is 5.92 Å². The van der Waals surface area contributed by atoms with Crippen LogP contribution in [0.2, 0.25) is 0 Å². The lowest BCUT2D eigenvalue weighted by Gasteiger charge is -2.46. The summed E-state index contributed by atoms with van der Waals surface area (Å²) in [6.07, 6.45) is 1.44. The molecular formula is C21H27F2N3O2. The van der Waals surface area contributed by atoms with Gasteiger partial charge in [-0.2, -0.15) is 0 Å². The molecule has 2 aliphatic heterocycles. The number of carbonyl (C=O) groups excluding carboxylic acids is 2. The van der Waals surface area contributed by atoms with Crippen LogP contribution in [-0.2, 0) is 16.1 Å². The van der Waals surface area contributed by atoms with Crippen molar-refractivity contribution in [1.82, 2.24) is 14.7 Å². The molecule has 4 rings (SSSR count).